The van der Waals surface area contributed by atoms with E-state index in [0.29, 0.717) is 12.4 Å². The van der Waals surface area contributed by atoms with Crippen molar-refractivity contribution in [1.82, 2.24) is 19.7 Å². The third-order valence-electron chi connectivity index (χ3n) is 2.90. The molecule has 0 radical (unpaired) electrons. The van der Waals surface area contributed by atoms with Crippen LogP contribution >= 0.6 is 0 Å². The van der Waals surface area contributed by atoms with Crippen molar-refractivity contribution in [2.75, 3.05) is 18.9 Å². The molecule has 0 spiro atoms. The van der Waals surface area contributed by atoms with Crippen molar-refractivity contribution in [2.24, 2.45) is 0 Å². The van der Waals surface area contributed by atoms with Gasteiger partial charge in [-0.2, -0.15) is 5.10 Å². The van der Waals surface area contributed by atoms with Gasteiger partial charge in [-0.1, -0.05) is 0 Å². The first kappa shape index (κ1) is 9.53. The molecule has 1 aliphatic heterocycles. The summed E-state index contributed by atoms with van der Waals surface area (Å²) in [5, 5.41) is 5.15. The molecular formula is C10H13N5O. The van der Waals surface area contributed by atoms with Crippen LogP contribution in [0.2, 0.25) is 0 Å². The second kappa shape index (κ2) is 3.71. The maximum atomic E-state index is 5.76. The summed E-state index contributed by atoms with van der Waals surface area (Å²) in [5.41, 5.74) is 6.56. The molecule has 2 N–H and O–H groups in total. The minimum Gasteiger partial charge on any atom is -0.383 e. The van der Waals surface area contributed by atoms with Crippen molar-refractivity contribution in [3.05, 3.63) is 12.5 Å². The van der Waals surface area contributed by atoms with Gasteiger partial charge in [-0.15, -0.1) is 0 Å². The largest absolute Gasteiger partial charge is 0.383 e. The van der Waals surface area contributed by atoms with Gasteiger partial charge in [0.15, 0.2) is 5.65 Å². The van der Waals surface area contributed by atoms with E-state index in [1.165, 1.54) is 6.33 Å². The normalized spacial score (nSPS) is 21.4. The highest BCUT2D eigenvalue weighted by Gasteiger charge is 2.19. The Morgan fingerprint density at radius 2 is 2.38 bits per heavy atom. The molecule has 1 unspecified atom stereocenters. The minimum atomic E-state index is 0.264. The first-order valence-corrected chi connectivity index (χ1v) is 5.37. The lowest BCUT2D eigenvalue weighted by molar-refractivity contribution is 0.0563. The summed E-state index contributed by atoms with van der Waals surface area (Å²) >= 11 is 0. The van der Waals surface area contributed by atoms with Gasteiger partial charge in [0.2, 0.25) is 0 Å². The van der Waals surface area contributed by atoms with Gasteiger partial charge < -0.3 is 10.5 Å². The molecule has 0 amide bonds. The zero-order chi connectivity index (χ0) is 11.0. The first-order chi connectivity index (χ1) is 7.86. The average molecular weight is 219 g/mol. The molecule has 1 atom stereocenters. The first-order valence-electron chi connectivity index (χ1n) is 5.37. The average Bonchev–Trinajstić information content (AvgIpc) is 2.75. The van der Waals surface area contributed by atoms with Crippen LogP contribution in [-0.4, -0.2) is 33.0 Å². The highest BCUT2D eigenvalue weighted by atomic mass is 16.5. The Balaban J connectivity index is 2.06. The smallest absolute Gasteiger partial charge is 0.163 e. The number of ether oxygens (including phenoxy) is 1. The maximum Gasteiger partial charge on any atom is 0.163 e. The van der Waals surface area contributed by atoms with Gasteiger partial charge in [0.25, 0.3) is 0 Å². The SMILES string of the molecule is Nc1ncnc2c1cnn2C1CCCOC1. The standard InChI is InChI=1S/C10H13N5O/c11-9-8-4-14-15(10(8)13-6-12-9)7-2-1-3-16-5-7/h4,6-7H,1-3,5H2,(H2,11,12,13). The lowest BCUT2D eigenvalue weighted by Crippen LogP contribution is -2.22. The van der Waals surface area contributed by atoms with Gasteiger partial charge in [0, 0.05) is 6.61 Å². The van der Waals surface area contributed by atoms with Gasteiger partial charge in [-0.3, -0.25) is 0 Å². The number of anilines is 1. The number of hydrogen-bond acceptors (Lipinski definition) is 5. The molecule has 1 fully saturated rings. The molecule has 6 nitrogen and oxygen atoms in total. The van der Waals surface area contributed by atoms with Crippen molar-refractivity contribution < 1.29 is 4.74 Å². The molecule has 2 aromatic rings. The molecule has 0 saturated carbocycles. The lowest BCUT2D eigenvalue weighted by Gasteiger charge is -2.22. The van der Waals surface area contributed by atoms with E-state index in [2.05, 4.69) is 15.1 Å². The van der Waals surface area contributed by atoms with Gasteiger partial charge in [0.1, 0.15) is 12.1 Å². The van der Waals surface area contributed by atoms with E-state index in [9.17, 15) is 0 Å². The summed E-state index contributed by atoms with van der Waals surface area (Å²) in [4.78, 5) is 8.18. The monoisotopic (exact) mass is 219 g/mol. The van der Waals surface area contributed by atoms with E-state index in [0.717, 1.165) is 30.5 Å². The van der Waals surface area contributed by atoms with Crippen molar-refractivity contribution in [3.63, 3.8) is 0 Å². The van der Waals surface area contributed by atoms with Crippen LogP contribution in [0.25, 0.3) is 11.0 Å². The summed E-state index contributed by atoms with van der Waals surface area (Å²) in [6, 6.07) is 0.264. The van der Waals surface area contributed by atoms with Gasteiger partial charge in [0.05, 0.1) is 24.2 Å². The van der Waals surface area contributed by atoms with Crippen molar-refractivity contribution >= 4 is 16.9 Å². The molecular weight excluding hydrogens is 206 g/mol. The van der Waals surface area contributed by atoms with Crippen LogP contribution in [0.1, 0.15) is 18.9 Å². The van der Waals surface area contributed by atoms with Crippen LogP contribution in [-0.2, 0) is 4.74 Å². The maximum absolute atomic E-state index is 5.76. The highest BCUT2D eigenvalue weighted by molar-refractivity contribution is 5.84. The predicted octanol–water partition coefficient (Wildman–Crippen LogP) is 0.760. The van der Waals surface area contributed by atoms with E-state index in [-0.39, 0.29) is 6.04 Å². The van der Waals surface area contributed by atoms with Crippen molar-refractivity contribution in [3.8, 4) is 0 Å². The Kier molecular flexibility index (Phi) is 2.21. The fourth-order valence-corrected chi connectivity index (χ4v) is 2.06. The molecule has 1 saturated heterocycles. The second-order valence-corrected chi connectivity index (χ2v) is 3.96. The highest BCUT2D eigenvalue weighted by Crippen LogP contribution is 2.24. The van der Waals surface area contributed by atoms with Crippen LogP contribution in [0.15, 0.2) is 12.5 Å². The number of nitrogens with two attached hydrogens (primary N) is 1. The Labute approximate surface area is 92.4 Å². The molecule has 84 valence electrons. The summed E-state index contributed by atoms with van der Waals surface area (Å²) in [7, 11) is 0. The zero-order valence-electron chi connectivity index (χ0n) is 8.83. The lowest BCUT2D eigenvalue weighted by atomic mass is 10.1. The second-order valence-electron chi connectivity index (χ2n) is 3.96. The minimum absolute atomic E-state index is 0.264. The third-order valence-corrected chi connectivity index (χ3v) is 2.90. The van der Waals surface area contributed by atoms with E-state index in [1.54, 1.807) is 6.20 Å². The molecule has 3 heterocycles. The Hall–Kier alpha value is -1.69. The predicted molar refractivity (Wildman–Crippen MR) is 58.8 cm³/mol. The third kappa shape index (κ3) is 1.42. The molecule has 3 rings (SSSR count). The van der Waals surface area contributed by atoms with Crippen LogP contribution in [0, 0.1) is 0 Å². The topological polar surface area (TPSA) is 78.9 Å². The van der Waals surface area contributed by atoms with Crippen LogP contribution in [0.5, 0.6) is 0 Å². The number of hydrogen-bond donors (Lipinski definition) is 1. The van der Waals surface area contributed by atoms with Crippen LogP contribution < -0.4 is 5.73 Å². The van der Waals surface area contributed by atoms with Gasteiger partial charge >= 0.3 is 0 Å². The van der Waals surface area contributed by atoms with E-state index in [4.69, 9.17) is 10.5 Å². The Morgan fingerprint density at radius 3 is 3.19 bits per heavy atom. The molecule has 6 heteroatoms. The van der Waals surface area contributed by atoms with Crippen molar-refractivity contribution in [2.45, 2.75) is 18.9 Å². The molecule has 16 heavy (non-hydrogen) atoms. The van der Waals surface area contributed by atoms with Gasteiger partial charge in [-0.05, 0) is 12.8 Å². The summed E-state index contributed by atoms with van der Waals surface area (Å²) in [5.74, 6) is 0.480. The quantitative estimate of drug-likeness (QED) is 0.766. The molecule has 0 aromatic carbocycles. The molecule has 0 bridgehead atoms. The fourth-order valence-electron chi connectivity index (χ4n) is 2.06. The van der Waals surface area contributed by atoms with E-state index in [1.807, 2.05) is 4.68 Å². The molecule has 2 aromatic heterocycles. The Morgan fingerprint density at radius 1 is 1.44 bits per heavy atom. The zero-order valence-corrected chi connectivity index (χ0v) is 8.83. The van der Waals surface area contributed by atoms with Crippen LogP contribution in [0.3, 0.4) is 0 Å². The number of nitrogen functional groups attached to an aromatic ring is 1. The van der Waals surface area contributed by atoms with E-state index >= 15 is 0 Å². The molecule has 1 aliphatic rings. The molecule has 0 aliphatic carbocycles. The number of fused-ring (bicyclic) bond motifs is 1. The summed E-state index contributed by atoms with van der Waals surface area (Å²) in [6.07, 6.45) is 5.33. The fraction of sp³-hybridized carbons (Fsp3) is 0.500. The Bertz CT molecular complexity index is 503. The number of nitrogens with zero attached hydrogens (tertiary/aromatic N) is 4. The summed E-state index contributed by atoms with van der Waals surface area (Å²) < 4.78 is 7.34. The number of aromatic nitrogens is 4. The van der Waals surface area contributed by atoms with Gasteiger partial charge in [-0.25, -0.2) is 14.6 Å². The van der Waals surface area contributed by atoms with Crippen molar-refractivity contribution in [1.29, 1.82) is 0 Å². The van der Waals surface area contributed by atoms with Crippen LogP contribution in [0.4, 0.5) is 5.82 Å². The number of rotatable bonds is 1. The van der Waals surface area contributed by atoms with E-state index < -0.39 is 0 Å². The summed E-state index contributed by atoms with van der Waals surface area (Å²) in [6.45, 7) is 1.54.